The van der Waals surface area contributed by atoms with Crippen LogP contribution in [-0.2, 0) is 15.8 Å². The van der Waals surface area contributed by atoms with E-state index in [2.05, 4.69) is 5.32 Å². The number of nitrogens with zero attached hydrogens (tertiary/aromatic N) is 1. The van der Waals surface area contributed by atoms with Gasteiger partial charge in [-0.1, -0.05) is 26.8 Å². The third kappa shape index (κ3) is 4.47. The molecule has 0 saturated carbocycles. The first-order valence-electron chi connectivity index (χ1n) is 8.45. The fraction of sp³-hybridized carbons (Fsp3) is 0.556. The maximum Gasteiger partial charge on any atom is 0.416 e. The molecule has 26 heavy (non-hydrogen) atoms. The highest BCUT2D eigenvalue weighted by Crippen LogP contribution is 2.32. The summed E-state index contributed by atoms with van der Waals surface area (Å²) in [7, 11) is 0. The van der Waals surface area contributed by atoms with Crippen molar-refractivity contribution in [3.05, 3.63) is 29.8 Å². The molecule has 1 aliphatic heterocycles. The number of alkyl halides is 3. The number of benzene rings is 1. The zero-order valence-electron chi connectivity index (χ0n) is 15.1. The zero-order valence-corrected chi connectivity index (χ0v) is 15.1. The molecule has 0 bridgehead atoms. The number of hydrogen-bond acceptors (Lipinski definition) is 3. The van der Waals surface area contributed by atoms with E-state index in [4.69, 9.17) is 5.73 Å². The van der Waals surface area contributed by atoms with Crippen molar-refractivity contribution < 1.29 is 22.8 Å². The normalized spacial score (nSPS) is 19.3. The van der Waals surface area contributed by atoms with E-state index in [1.54, 1.807) is 0 Å². The molecule has 1 aliphatic rings. The Balaban J connectivity index is 2.29. The Hall–Kier alpha value is -2.25. The second-order valence-corrected chi connectivity index (χ2v) is 7.61. The summed E-state index contributed by atoms with van der Waals surface area (Å²) >= 11 is 0. The van der Waals surface area contributed by atoms with Crippen molar-refractivity contribution in [3.8, 4) is 0 Å². The van der Waals surface area contributed by atoms with Crippen molar-refractivity contribution in [1.29, 1.82) is 0 Å². The zero-order chi connectivity index (χ0) is 19.7. The average Bonchev–Trinajstić information content (AvgIpc) is 3.00. The summed E-state index contributed by atoms with van der Waals surface area (Å²) in [6, 6.07) is 3.25. The minimum atomic E-state index is -4.47. The van der Waals surface area contributed by atoms with Crippen molar-refractivity contribution in [2.45, 2.75) is 51.9 Å². The van der Waals surface area contributed by atoms with Crippen LogP contribution in [0.4, 0.5) is 18.9 Å². The van der Waals surface area contributed by atoms with Crippen LogP contribution in [0, 0.1) is 5.41 Å². The number of anilines is 1. The van der Waals surface area contributed by atoms with Gasteiger partial charge in [-0.3, -0.25) is 9.59 Å². The highest BCUT2D eigenvalue weighted by molar-refractivity contribution is 5.91. The first-order valence-corrected chi connectivity index (χ1v) is 8.45. The van der Waals surface area contributed by atoms with Gasteiger partial charge >= 0.3 is 6.18 Å². The molecule has 8 heteroatoms. The third-order valence-electron chi connectivity index (χ3n) is 4.48. The molecule has 1 aromatic rings. The third-order valence-corrected chi connectivity index (χ3v) is 4.48. The van der Waals surface area contributed by atoms with Crippen molar-refractivity contribution >= 4 is 17.5 Å². The molecule has 2 amide bonds. The fourth-order valence-corrected chi connectivity index (χ4v) is 3.09. The number of rotatable bonds is 4. The van der Waals surface area contributed by atoms with Crippen molar-refractivity contribution in [2.24, 2.45) is 11.1 Å². The fourth-order valence-electron chi connectivity index (χ4n) is 3.09. The van der Waals surface area contributed by atoms with E-state index in [1.165, 1.54) is 17.0 Å². The molecule has 3 N–H and O–H groups in total. The number of nitrogens with two attached hydrogens (primary N) is 1. The van der Waals surface area contributed by atoms with Gasteiger partial charge in [0.05, 0.1) is 5.56 Å². The van der Waals surface area contributed by atoms with Crippen LogP contribution in [0.3, 0.4) is 0 Å². The van der Waals surface area contributed by atoms with E-state index in [0.29, 0.717) is 19.4 Å². The van der Waals surface area contributed by atoms with Crippen LogP contribution in [-0.4, -0.2) is 35.3 Å². The molecule has 0 radical (unpaired) electrons. The number of likely N-dealkylation sites (tertiary alicyclic amines) is 1. The summed E-state index contributed by atoms with van der Waals surface area (Å²) in [5.41, 5.74) is 4.19. The van der Waals surface area contributed by atoms with E-state index in [-0.39, 0.29) is 11.6 Å². The van der Waals surface area contributed by atoms with Gasteiger partial charge in [0.15, 0.2) is 0 Å². The van der Waals surface area contributed by atoms with Crippen LogP contribution < -0.4 is 11.1 Å². The highest BCUT2D eigenvalue weighted by Gasteiger charge is 2.40. The van der Waals surface area contributed by atoms with Crippen LogP contribution in [0.25, 0.3) is 0 Å². The lowest BCUT2D eigenvalue weighted by Gasteiger charge is -2.35. The molecule has 1 saturated heterocycles. The van der Waals surface area contributed by atoms with Crippen LogP contribution in [0.1, 0.15) is 39.2 Å². The largest absolute Gasteiger partial charge is 0.416 e. The summed E-state index contributed by atoms with van der Waals surface area (Å²) in [4.78, 5) is 26.0. The first-order chi connectivity index (χ1) is 11.9. The monoisotopic (exact) mass is 371 g/mol. The average molecular weight is 371 g/mol. The number of nitrogens with one attached hydrogen (secondary N) is 1. The maximum absolute atomic E-state index is 13.0. The molecule has 1 heterocycles. The number of carbonyl (C=O) groups excluding carboxylic acids is 2. The van der Waals surface area contributed by atoms with E-state index in [9.17, 15) is 22.8 Å². The SMILES string of the molecule is CC(C)(C)[C@H](Nc1cccc(C(F)(F)F)c1)C(=O)N1CCCC1C(N)=O. The molecule has 0 spiro atoms. The maximum atomic E-state index is 13.0. The lowest BCUT2D eigenvalue weighted by Crippen LogP contribution is -2.53. The highest BCUT2D eigenvalue weighted by atomic mass is 19.4. The molecule has 1 aromatic carbocycles. The van der Waals surface area contributed by atoms with Crippen LogP contribution in [0.2, 0.25) is 0 Å². The quantitative estimate of drug-likeness (QED) is 0.854. The number of amides is 2. The van der Waals surface area contributed by atoms with Gasteiger partial charge < -0.3 is 16.0 Å². The summed E-state index contributed by atoms with van der Waals surface area (Å²) in [6.45, 7) is 5.84. The van der Waals surface area contributed by atoms with Gasteiger partial charge in [-0.2, -0.15) is 13.2 Å². The topological polar surface area (TPSA) is 75.4 Å². The second kappa shape index (κ2) is 7.17. The number of primary amides is 1. The minimum absolute atomic E-state index is 0.197. The predicted octanol–water partition coefficient (Wildman–Crippen LogP) is 3.01. The molecule has 5 nitrogen and oxygen atoms in total. The van der Waals surface area contributed by atoms with Gasteiger partial charge in [0.1, 0.15) is 12.1 Å². The summed E-state index contributed by atoms with van der Waals surface area (Å²) in [5, 5.41) is 2.92. The molecule has 0 aliphatic carbocycles. The molecule has 144 valence electrons. The number of carbonyl (C=O) groups is 2. The summed E-state index contributed by atoms with van der Waals surface area (Å²) < 4.78 is 38.8. The standard InChI is InChI=1S/C18H24F3N3O2/c1-17(2,3)14(16(26)24-9-5-8-13(24)15(22)25)23-12-7-4-6-11(10-12)18(19,20)21/h4,6-7,10,13-14,23H,5,8-9H2,1-3H3,(H2,22,25)/t13?,14-/m1/s1. The number of halogens is 3. The second-order valence-electron chi connectivity index (χ2n) is 7.61. The van der Waals surface area contributed by atoms with E-state index in [0.717, 1.165) is 12.1 Å². The van der Waals surface area contributed by atoms with Crippen LogP contribution in [0.15, 0.2) is 24.3 Å². The Morgan fingerprint density at radius 1 is 1.27 bits per heavy atom. The summed E-state index contributed by atoms with van der Waals surface area (Å²) in [6.07, 6.45) is -3.30. The molecular weight excluding hydrogens is 347 g/mol. The Bertz CT molecular complexity index is 683. The van der Waals surface area contributed by atoms with Gasteiger partial charge in [-0.25, -0.2) is 0 Å². The van der Waals surface area contributed by atoms with E-state index < -0.39 is 35.1 Å². The minimum Gasteiger partial charge on any atom is -0.373 e. The summed E-state index contributed by atoms with van der Waals surface area (Å²) in [5.74, 6) is -0.904. The Labute approximate surface area is 150 Å². The van der Waals surface area contributed by atoms with Crippen molar-refractivity contribution in [3.63, 3.8) is 0 Å². The lowest BCUT2D eigenvalue weighted by atomic mass is 9.85. The molecule has 2 atom stereocenters. The van der Waals surface area contributed by atoms with Crippen molar-refractivity contribution in [2.75, 3.05) is 11.9 Å². The number of hydrogen-bond donors (Lipinski definition) is 2. The molecule has 0 aromatic heterocycles. The van der Waals surface area contributed by atoms with Crippen LogP contribution >= 0.6 is 0 Å². The van der Waals surface area contributed by atoms with Crippen LogP contribution in [0.5, 0.6) is 0 Å². The van der Waals surface area contributed by atoms with E-state index in [1.807, 2.05) is 20.8 Å². The van der Waals surface area contributed by atoms with Gasteiger partial charge in [0.2, 0.25) is 11.8 Å². The van der Waals surface area contributed by atoms with Gasteiger partial charge in [0, 0.05) is 12.2 Å². The molecule has 2 rings (SSSR count). The Kier molecular flexibility index (Phi) is 5.53. The van der Waals surface area contributed by atoms with Gasteiger partial charge in [0.25, 0.3) is 0 Å². The van der Waals surface area contributed by atoms with E-state index >= 15 is 0 Å². The smallest absolute Gasteiger partial charge is 0.373 e. The molecule has 1 unspecified atom stereocenters. The van der Waals surface area contributed by atoms with Crippen molar-refractivity contribution in [1.82, 2.24) is 4.90 Å². The lowest BCUT2D eigenvalue weighted by molar-refractivity contribution is -0.139. The van der Waals surface area contributed by atoms with Gasteiger partial charge in [-0.15, -0.1) is 0 Å². The Morgan fingerprint density at radius 3 is 2.46 bits per heavy atom. The molecular formula is C18H24F3N3O2. The van der Waals surface area contributed by atoms with Gasteiger partial charge in [-0.05, 0) is 36.5 Å². The molecule has 1 fully saturated rings. The Morgan fingerprint density at radius 2 is 1.92 bits per heavy atom. The predicted molar refractivity (Wildman–Crippen MR) is 92.2 cm³/mol. The first kappa shape index (κ1) is 20.1.